The van der Waals surface area contributed by atoms with Gasteiger partial charge in [-0.3, -0.25) is 0 Å². The average Bonchev–Trinajstić information content (AvgIpc) is 3.29. The molecular weight excluding hydrogens is 526 g/mol. The number of hydrogen-bond acceptors (Lipinski definition) is 6. The summed E-state index contributed by atoms with van der Waals surface area (Å²) in [7, 11) is 0. The minimum atomic E-state index is -1.50. The fraction of sp³-hybridized carbons (Fsp3) is 1.00. The molecule has 15 unspecified atom stereocenters. The summed E-state index contributed by atoms with van der Waals surface area (Å²) in [5.74, 6) is 3.71. The Morgan fingerprint density at radius 1 is 0.667 bits per heavy atom. The topological polar surface area (TPSA) is 127 Å². The van der Waals surface area contributed by atoms with Crippen LogP contribution in [0.25, 0.3) is 0 Å². The third-order valence-electron chi connectivity index (χ3n) is 16.3. The number of aliphatic hydroxyl groups excluding tert-OH is 5. The van der Waals surface area contributed by atoms with Crippen molar-refractivity contribution < 1.29 is 25.5 Å². The van der Waals surface area contributed by atoms with Gasteiger partial charge in [0.1, 0.15) is 12.2 Å². The summed E-state index contributed by atoms with van der Waals surface area (Å²) in [6.07, 6.45) is 7.46. The molecule has 0 aliphatic heterocycles. The first kappa shape index (κ1) is 33.1. The Bertz CT molecular complexity index is 974. The lowest BCUT2D eigenvalue weighted by Gasteiger charge is -2.73. The van der Waals surface area contributed by atoms with Crippen molar-refractivity contribution in [2.45, 2.75) is 144 Å². The first-order valence-corrected chi connectivity index (χ1v) is 17.6. The van der Waals surface area contributed by atoms with Crippen molar-refractivity contribution >= 4 is 0 Å². The molecule has 0 bridgehead atoms. The molecule has 7 N–H and O–H groups in total. The maximum Gasteiger partial charge on any atom is 0.109 e. The van der Waals surface area contributed by atoms with Gasteiger partial charge >= 0.3 is 0 Å². The van der Waals surface area contributed by atoms with Gasteiger partial charge < -0.3 is 31.3 Å². The Balaban J connectivity index is 1.36. The van der Waals surface area contributed by atoms with Crippen LogP contribution in [0.15, 0.2) is 0 Å². The lowest BCUT2D eigenvalue weighted by Crippen LogP contribution is -2.66. The molecule has 0 radical (unpaired) electrons. The van der Waals surface area contributed by atoms with Crippen LogP contribution in [0.2, 0.25) is 0 Å². The second-order valence-corrected chi connectivity index (χ2v) is 17.8. The minimum Gasteiger partial charge on any atom is -0.396 e. The monoisotopic (exact) mass is 591 g/mol. The van der Waals surface area contributed by atoms with E-state index in [1.54, 1.807) is 0 Å². The molecule has 5 rings (SSSR count). The minimum absolute atomic E-state index is 0.0355. The molecule has 5 saturated carbocycles. The molecule has 5 aliphatic rings. The van der Waals surface area contributed by atoms with E-state index in [1.807, 2.05) is 0 Å². The van der Waals surface area contributed by atoms with Crippen molar-refractivity contribution in [1.29, 1.82) is 0 Å². The summed E-state index contributed by atoms with van der Waals surface area (Å²) in [4.78, 5) is 0. The Hall–Kier alpha value is -0.240. The lowest BCUT2D eigenvalue weighted by molar-refractivity contribution is -0.246. The van der Waals surface area contributed by atoms with E-state index in [9.17, 15) is 25.5 Å². The summed E-state index contributed by atoms with van der Waals surface area (Å²) in [5.41, 5.74) is 7.16. The third-order valence-corrected chi connectivity index (χ3v) is 16.3. The molecule has 6 nitrogen and oxygen atoms in total. The van der Waals surface area contributed by atoms with Crippen LogP contribution in [0, 0.1) is 68.5 Å². The summed E-state index contributed by atoms with van der Waals surface area (Å²) in [6, 6.07) is 0. The molecule has 6 heteroatoms. The van der Waals surface area contributed by atoms with Crippen LogP contribution in [0.3, 0.4) is 0 Å². The van der Waals surface area contributed by atoms with Crippen LogP contribution in [0.1, 0.15) is 119 Å². The van der Waals surface area contributed by atoms with Gasteiger partial charge in [-0.25, -0.2) is 0 Å². The Kier molecular flexibility index (Phi) is 8.86. The van der Waals surface area contributed by atoms with Crippen LogP contribution >= 0.6 is 0 Å². The summed E-state index contributed by atoms with van der Waals surface area (Å²) in [6.45, 7) is 18.0. The molecular formula is C36H65NO5. The number of fused-ring (bicyclic) bond motifs is 7. The van der Waals surface area contributed by atoms with Crippen LogP contribution in [-0.4, -0.2) is 63.1 Å². The highest BCUT2D eigenvalue weighted by molar-refractivity contribution is 5.19. The molecule has 5 aliphatic carbocycles. The maximum atomic E-state index is 10.8. The summed E-state index contributed by atoms with van der Waals surface area (Å²) in [5, 5.41) is 52.1. The molecule has 0 saturated heterocycles. The van der Waals surface area contributed by atoms with Gasteiger partial charge in [0.15, 0.2) is 0 Å². The molecule has 42 heavy (non-hydrogen) atoms. The number of nitrogens with two attached hydrogens (primary N) is 1. The van der Waals surface area contributed by atoms with Gasteiger partial charge in [0.05, 0.1) is 12.2 Å². The SMILES string of the molecule is CC1CCC2(C)C(CCC3(C)C2CCC2C4(C)CCC(C(CO)CC(O)C(O)C(O)C(O)CN)C4CCC23C)C1(C)C. The Morgan fingerprint density at radius 3 is 1.81 bits per heavy atom. The van der Waals surface area contributed by atoms with Crippen molar-refractivity contribution in [3.05, 3.63) is 0 Å². The first-order valence-electron chi connectivity index (χ1n) is 17.6. The highest BCUT2D eigenvalue weighted by Crippen LogP contribution is 2.78. The first-order chi connectivity index (χ1) is 19.5. The van der Waals surface area contributed by atoms with Gasteiger partial charge in [0, 0.05) is 13.2 Å². The zero-order chi connectivity index (χ0) is 31.0. The van der Waals surface area contributed by atoms with Gasteiger partial charge in [0.2, 0.25) is 0 Å². The molecule has 0 aromatic carbocycles. The Labute approximate surface area is 256 Å². The smallest absolute Gasteiger partial charge is 0.109 e. The van der Waals surface area contributed by atoms with Crippen molar-refractivity contribution in [1.82, 2.24) is 0 Å². The highest BCUT2D eigenvalue weighted by atomic mass is 16.4. The van der Waals surface area contributed by atoms with Gasteiger partial charge in [-0.05, 0) is 139 Å². The molecule has 0 aromatic rings. The van der Waals surface area contributed by atoms with Crippen LogP contribution in [0.4, 0.5) is 0 Å². The molecule has 5 fully saturated rings. The lowest BCUT2D eigenvalue weighted by atomic mass is 9.31. The number of hydrogen-bond donors (Lipinski definition) is 6. The van der Waals surface area contributed by atoms with E-state index < -0.39 is 24.4 Å². The average molecular weight is 592 g/mol. The van der Waals surface area contributed by atoms with Crippen molar-refractivity contribution in [3.8, 4) is 0 Å². The zero-order valence-electron chi connectivity index (χ0n) is 27.9. The van der Waals surface area contributed by atoms with E-state index in [-0.39, 0.29) is 30.9 Å². The normalized spacial score (nSPS) is 49.9. The number of aliphatic hydroxyl groups is 5. The second-order valence-electron chi connectivity index (χ2n) is 17.8. The van der Waals surface area contributed by atoms with E-state index in [4.69, 9.17) is 5.73 Å². The van der Waals surface area contributed by atoms with Crippen molar-refractivity contribution in [2.75, 3.05) is 13.2 Å². The molecule has 0 heterocycles. The quantitative estimate of drug-likeness (QED) is 0.233. The van der Waals surface area contributed by atoms with Gasteiger partial charge in [-0.15, -0.1) is 0 Å². The molecule has 0 amide bonds. The van der Waals surface area contributed by atoms with Gasteiger partial charge in [0.25, 0.3) is 0 Å². The number of rotatable bonds is 8. The molecule has 0 aromatic heterocycles. The fourth-order valence-electron chi connectivity index (χ4n) is 13.4. The fourth-order valence-corrected chi connectivity index (χ4v) is 13.4. The van der Waals surface area contributed by atoms with Crippen LogP contribution in [0.5, 0.6) is 0 Å². The van der Waals surface area contributed by atoms with Gasteiger partial charge in [-0.1, -0.05) is 48.5 Å². The molecule has 15 atom stereocenters. The van der Waals surface area contributed by atoms with E-state index in [1.165, 1.54) is 51.4 Å². The zero-order valence-corrected chi connectivity index (χ0v) is 27.9. The largest absolute Gasteiger partial charge is 0.396 e. The van der Waals surface area contributed by atoms with Crippen LogP contribution in [-0.2, 0) is 0 Å². The molecule has 0 spiro atoms. The second kappa shape index (κ2) is 11.2. The van der Waals surface area contributed by atoms with Gasteiger partial charge in [-0.2, -0.15) is 0 Å². The summed E-state index contributed by atoms with van der Waals surface area (Å²) < 4.78 is 0. The molecule has 244 valence electrons. The summed E-state index contributed by atoms with van der Waals surface area (Å²) >= 11 is 0. The Morgan fingerprint density at radius 2 is 1.21 bits per heavy atom. The van der Waals surface area contributed by atoms with Crippen molar-refractivity contribution in [3.63, 3.8) is 0 Å². The standard InChI is InChI=1S/C36H65NO5/c1-21-10-14-34(5)27(32(21,2)3)13-17-36(7)29(34)9-8-28-33(4)15-11-23(24(33)12-16-35(28,36)6)22(20-38)18-25(39)30(41)31(42)26(40)19-37/h21-31,38-42H,8-20,37H2,1-7H3. The van der Waals surface area contributed by atoms with Crippen LogP contribution < -0.4 is 5.73 Å². The maximum absolute atomic E-state index is 10.8. The van der Waals surface area contributed by atoms with Crippen molar-refractivity contribution in [2.24, 2.45) is 74.2 Å². The highest BCUT2D eigenvalue weighted by Gasteiger charge is 2.70. The van der Waals surface area contributed by atoms with E-state index >= 15 is 0 Å². The van der Waals surface area contributed by atoms with E-state index in [2.05, 4.69) is 48.5 Å². The van der Waals surface area contributed by atoms with E-state index in [0.717, 1.165) is 30.6 Å². The predicted molar refractivity (Wildman–Crippen MR) is 167 cm³/mol. The predicted octanol–water partition coefficient (Wildman–Crippen LogP) is 5.12. The van der Waals surface area contributed by atoms with E-state index in [0.29, 0.717) is 39.4 Å². The third kappa shape index (κ3) is 4.62.